The minimum atomic E-state index is -0.800. The molecule has 0 bridgehead atoms. The first kappa shape index (κ1) is 20.6. The van der Waals surface area contributed by atoms with Crippen molar-refractivity contribution in [2.24, 2.45) is 0 Å². The zero-order chi connectivity index (χ0) is 21.1. The van der Waals surface area contributed by atoms with Gasteiger partial charge in [0, 0.05) is 12.6 Å². The van der Waals surface area contributed by atoms with E-state index >= 15 is 0 Å². The van der Waals surface area contributed by atoms with Crippen molar-refractivity contribution in [2.45, 2.75) is 37.8 Å². The SMILES string of the molecule is COc1ccc([C@@H]2CCCCCN2C[C@@H](O)CN2C(=O)c3ccccc3C2=O)cc1. The van der Waals surface area contributed by atoms with Gasteiger partial charge in [-0.1, -0.05) is 37.1 Å². The number of hydrogen-bond acceptors (Lipinski definition) is 5. The number of rotatable bonds is 6. The van der Waals surface area contributed by atoms with Gasteiger partial charge in [0.1, 0.15) is 5.75 Å². The molecule has 2 aliphatic rings. The van der Waals surface area contributed by atoms with Gasteiger partial charge in [-0.3, -0.25) is 19.4 Å². The van der Waals surface area contributed by atoms with Crippen molar-refractivity contribution in [2.75, 3.05) is 26.7 Å². The fourth-order valence-corrected chi connectivity index (χ4v) is 4.53. The Morgan fingerprint density at radius 1 is 0.967 bits per heavy atom. The number of ether oxygens (including phenoxy) is 1. The molecule has 2 heterocycles. The number of imide groups is 1. The van der Waals surface area contributed by atoms with Crippen LogP contribution in [0.5, 0.6) is 5.75 Å². The van der Waals surface area contributed by atoms with Crippen LogP contribution >= 0.6 is 0 Å². The Labute approximate surface area is 177 Å². The maximum atomic E-state index is 12.6. The molecule has 2 atom stereocenters. The van der Waals surface area contributed by atoms with Crippen LogP contribution in [-0.4, -0.2) is 59.6 Å². The van der Waals surface area contributed by atoms with Gasteiger partial charge in [0.15, 0.2) is 0 Å². The van der Waals surface area contributed by atoms with Crippen LogP contribution in [0.2, 0.25) is 0 Å². The predicted molar refractivity (Wildman–Crippen MR) is 114 cm³/mol. The molecular weight excluding hydrogens is 380 g/mol. The standard InChI is InChI=1S/C24H28N2O4/c1-30-19-12-10-17(11-13-19)22-9-3-2-6-14-25(22)15-18(27)16-26-23(28)20-7-4-5-8-21(20)24(26)29/h4-5,7-8,10-13,18,22,27H,2-3,6,9,14-16H2,1H3/t18-,22+/m1/s1. The molecule has 158 valence electrons. The third kappa shape index (κ3) is 4.11. The van der Waals surface area contributed by atoms with E-state index in [0.29, 0.717) is 17.7 Å². The zero-order valence-corrected chi connectivity index (χ0v) is 17.3. The van der Waals surface area contributed by atoms with Gasteiger partial charge in [0.25, 0.3) is 11.8 Å². The molecule has 1 N–H and O–H groups in total. The summed E-state index contributed by atoms with van der Waals surface area (Å²) in [6.07, 6.45) is 3.60. The Kier molecular flexibility index (Phi) is 6.16. The van der Waals surface area contributed by atoms with Gasteiger partial charge in [-0.2, -0.15) is 0 Å². The molecule has 1 fully saturated rings. The maximum absolute atomic E-state index is 12.6. The molecule has 2 aromatic carbocycles. The Hall–Kier alpha value is -2.70. The molecule has 6 nitrogen and oxygen atoms in total. The Morgan fingerprint density at radius 3 is 2.27 bits per heavy atom. The number of hydrogen-bond donors (Lipinski definition) is 1. The first-order valence-corrected chi connectivity index (χ1v) is 10.6. The van der Waals surface area contributed by atoms with Crippen LogP contribution in [0.3, 0.4) is 0 Å². The second-order valence-electron chi connectivity index (χ2n) is 8.05. The predicted octanol–water partition coefficient (Wildman–Crippen LogP) is 3.27. The van der Waals surface area contributed by atoms with Crippen LogP contribution in [0.1, 0.15) is 58.0 Å². The van der Waals surface area contributed by atoms with Crippen LogP contribution in [0.25, 0.3) is 0 Å². The van der Waals surface area contributed by atoms with E-state index in [9.17, 15) is 14.7 Å². The van der Waals surface area contributed by atoms with Gasteiger partial charge < -0.3 is 9.84 Å². The molecule has 2 amide bonds. The molecule has 1 saturated heterocycles. The molecular formula is C24H28N2O4. The number of carbonyl (C=O) groups is 2. The molecule has 30 heavy (non-hydrogen) atoms. The number of amides is 2. The van der Waals surface area contributed by atoms with Crippen LogP contribution in [0.15, 0.2) is 48.5 Å². The number of methoxy groups -OCH3 is 1. The number of benzene rings is 2. The van der Waals surface area contributed by atoms with Gasteiger partial charge in [-0.15, -0.1) is 0 Å². The number of aliphatic hydroxyl groups excluding tert-OH is 1. The smallest absolute Gasteiger partial charge is 0.261 e. The van der Waals surface area contributed by atoms with Crippen LogP contribution in [0, 0.1) is 0 Å². The number of nitrogens with zero attached hydrogens (tertiary/aromatic N) is 2. The van der Waals surface area contributed by atoms with E-state index in [2.05, 4.69) is 17.0 Å². The van der Waals surface area contributed by atoms with Crippen molar-refractivity contribution in [1.82, 2.24) is 9.80 Å². The molecule has 0 aliphatic carbocycles. The van der Waals surface area contributed by atoms with Gasteiger partial charge in [0.05, 0.1) is 30.9 Å². The van der Waals surface area contributed by atoms with Crippen molar-refractivity contribution < 1.29 is 19.4 Å². The van der Waals surface area contributed by atoms with E-state index in [4.69, 9.17) is 4.74 Å². The number of β-amino-alcohol motifs (C(OH)–C–C–N with tert-alkyl or cyclic N) is 1. The van der Waals surface area contributed by atoms with Gasteiger partial charge >= 0.3 is 0 Å². The second-order valence-corrected chi connectivity index (χ2v) is 8.05. The molecule has 2 aliphatic heterocycles. The number of carbonyl (C=O) groups excluding carboxylic acids is 2. The summed E-state index contributed by atoms with van der Waals surface area (Å²) in [6.45, 7) is 1.32. The Morgan fingerprint density at radius 2 is 1.63 bits per heavy atom. The normalized spacial score (nSPS) is 20.7. The highest BCUT2D eigenvalue weighted by Gasteiger charge is 2.36. The quantitative estimate of drug-likeness (QED) is 0.743. The first-order chi connectivity index (χ1) is 14.6. The molecule has 4 rings (SSSR count). The summed E-state index contributed by atoms with van der Waals surface area (Å²) in [4.78, 5) is 28.7. The third-order valence-electron chi connectivity index (χ3n) is 6.08. The van der Waals surface area contributed by atoms with Crippen LogP contribution in [0.4, 0.5) is 0 Å². The van der Waals surface area contributed by atoms with E-state index < -0.39 is 6.10 Å². The Bertz CT molecular complexity index is 877. The molecule has 0 aromatic heterocycles. The summed E-state index contributed by atoms with van der Waals surface area (Å²) in [6, 6.07) is 15.1. The largest absolute Gasteiger partial charge is 0.497 e. The number of likely N-dealkylation sites (tertiary alicyclic amines) is 1. The fraction of sp³-hybridized carbons (Fsp3) is 0.417. The van der Waals surface area contributed by atoms with E-state index in [1.807, 2.05) is 12.1 Å². The second kappa shape index (κ2) is 8.98. The molecule has 0 saturated carbocycles. The lowest BCUT2D eigenvalue weighted by Gasteiger charge is -2.33. The van der Waals surface area contributed by atoms with Crippen molar-refractivity contribution in [3.8, 4) is 5.75 Å². The van der Waals surface area contributed by atoms with Crippen molar-refractivity contribution in [3.05, 3.63) is 65.2 Å². The molecule has 0 spiro atoms. The lowest BCUT2D eigenvalue weighted by atomic mass is 10.0. The lowest BCUT2D eigenvalue weighted by molar-refractivity contribution is 0.0424. The summed E-state index contributed by atoms with van der Waals surface area (Å²) < 4.78 is 5.27. The third-order valence-corrected chi connectivity index (χ3v) is 6.08. The fourth-order valence-electron chi connectivity index (χ4n) is 4.53. The first-order valence-electron chi connectivity index (χ1n) is 10.6. The number of aliphatic hydroxyl groups is 1. The van der Waals surface area contributed by atoms with E-state index in [0.717, 1.165) is 38.0 Å². The van der Waals surface area contributed by atoms with Crippen molar-refractivity contribution in [1.29, 1.82) is 0 Å². The summed E-state index contributed by atoms with van der Waals surface area (Å²) in [5.74, 6) is 0.180. The van der Waals surface area contributed by atoms with Gasteiger partial charge in [0.2, 0.25) is 0 Å². The van der Waals surface area contributed by atoms with Gasteiger partial charge in [-0.25, -0.2) is 0 Å². The molecule has 2 aromatic rings. The maximum Gasteiger partial charge on any atom is 0.261 e. The minimum Gasteiger partial charge on any atom is -0.497 e. The lowest BCUT2D eigenvalue weighted by Crippen LogP contribution is -2.43. The topological polar surface area (TPSA) is 70.1 Å². The zero-order valence-electron chi connectivity index (χ0n) is 17.3. The van der Waals surface area contributed by atoms with E-state index in [1.54, 1.807) is 31.4 Å². The summed E-state index contributed by atoms with van der Waals surface area (Å²) >= 11 is 0. The monoisotopic (exact) mass is 408 g/mol. The highest BCUT2D eigenvalue weighted by Crippen LogP contribution is 2.31. The van der Waals surface area contributed by atoms with Crippen LogP contribution in [-0.2, 0) is 0 Å². The highest BCUT2D eigenvalue weighted by molar-refractivity contribution is 6.21. The van der Waals surface area contributed by atoms with Gasteiger partial charge in [-0.05, 0) is 49.2 Å². The molecule has 0 unspecified atom stereocenters. The average Bonchev–Trinajstić information content (AvgIpc) is 2.92. The highest BCUT2D eigenvalue weighted by atomic mass is 16.5. The van der Waals surface area contributed by atoms with Crippen LogP contribution < -0.4 is 4.74 Å². The van der Waals surface area contributed by atoms with E-state index in [1.165, 1.54) is 10.5 Å². The van der Waals surface area contributed by atoms with Crippen molar-refractivity contribution >= 4 is 11.8 Å². The summed E-state index contributed by atoms with van der Waals surface area (Å²) in [5, 5.41) is 10.8. The van der Waals surface area contributed by atoms with Crippen molar-refractivity contribution in [3.63, 3.8) is 0 Å². The Balaban J connectivity index is 1.46. The van der Waals surface area contributed by atoms with E-state index in [-0.39, 0.29) is 24.4 Å². The summed E-state index contributed by atoms with van der Waals surface area (Å²) in [7, 11) is 1.66. The minimum absolute atomic E-state index is 0.0121. The average molecular weight is 408 g/mol. The molecule has 0 radical (unpaired) electrons. The number of fused-ring (bicyclic) bond motifs is 1. The summed E-state index contributed by atoms with van der Waals surface area (Å²) in [5.41, 5.74) is 2.03. The molecule has 6 heteroatoms.